The highest BCUT2D eigenvalue weighted by atomic mass is 16.5. The number of nitrogens with zero attached hydrogens (tertiary/aromatic N) is 1. The van der Waals surface area contributed by atoms with E-state index in [2.05, 4.69) is 11.8 Å². The third kappa shape index (κ3) is 2.15. The van der Waals surface area contributed by atoms with Crippen molar-refractivity contribution in [3.05, 3.63) is 0 Å². The number of ether oxygens (including phenoxy) is 1. The van der Waals surface area contributed by atoms with Crippen LogP contribution in [0.2, 0.25) is 0 Å². The molecule has 0 N–H and O–H groups in total. The maximum atomic E-state index is 11.5. The second-order valence-corrected chi connectivity index (χ2v) is 4.47. The van der Waals surface area contributed by atoms with Gasteiger partial charge in [0.05, 0.1) is 13.2 Å². The zero-order valence-electron chi connectivity index (χ0n) is 8.87. The molecule has 1 saturated heterocycles. The molecule has 1 saturated carbocycles. The number of rotatable bonds is 2. The van der Waals surface area contributed by atoms with Crippen LogP contribution in [0.5, 0.6) is 0 Å². The first kappa shape index (κ1) is 10.1. The summed E-state index contributed by atoms with van der Waals surface area (Å²) >= 11 is 0. The van der Waals surface area contributed by atoms with Gasteiger partial charge in [0.2, 0.25) is 0 Å². The third-order valence-corrected chi connectivity index (χ3v) is 3.39. The van der Waals surface area contributed by atoms with Gasteiger partial charge in [-0.05, 0) is 19.8 Å². The van der Waals surface area contributed by atoms with Crippen LogP contribution in [0.15, 0.2) is 0 Å². The van der Waals surface area contributed by atoms with Crippen molar-refractivity contribution >= 4 is 5.78 Å². The fraction of sp³-hybridized carbons (Fsp3) is 0.909. The first-order valence-corrected chi connectivity index (χ1v) is 5.62. The van der Waals surface area contributed by atoms with E-state index in [1.807, 2.05) is 0 Å². The standard InChI is InChI=1S/C11H19NO2/c1-9-8-14-6-5-12(9)7-10-3-2-4-11(10)13/h9-10H,2-8H2,1H3. The zero-order chi connectivity index (χ0) is 9.97. The summed E-state index contributed by atoms with van der Waals surface area (Å²) in [6.07, 6.45) is 3.01. The van der Waals surface area contributed by atoms with Crippen molar-refractivity contribution < 1.29 is 9.53 Å². The Morgan fingerprint density at radius 1 is 1.57 bits per heavy atom. The predicted octanol–water partition coefficient (Wildman–Crippen LogP) is 1.08. The number of carbonyl (C=O) groups is 1. The molecule has 2 aliphatic rings. The molecule has 1 aliphatic heterocycles. The Labute approximate surface area is 85.4 Å². The highest BCUT2D eigenvalue weighted by Gasteiger charge is 2.29. The van der Waals surface area contributed by atoms with E-state index in [4.69, 9.17) is 4.74 Å². The summed E-state index contributed by atoms with van der Waals surface area (Å²) < 4.78 is 5.38. The molecule has 0 aromatic rings. The normalized spacial score (nSPS) is 35.1. The van der Waals surface area contributed by atoms with Crippen molar-refractivity contribution in [3.8, 4) is 0 Å². The predicted molar refractivity (Wildman–Crippen MR) is 54.2 cm³/mol. The molecule has 2 unspecified atom stereocenters. The Morgan fingerprint density at radius 2 is 2.43 bits per heavy atom. The summed E-state index contributed by atoms with van der Waals surface area (Å²) in [6.45, 7) is 5.78. The quantitative estimate of drug-likeness (QED) is 0.663. The lowest BCUT2D eigenvalue weighted by atomic mass is 10.1. The van der Waals surface area contributed by atoms with Gasteiger partial charge in [-0.2, -0.15) is 0 Å². The zero-order valence-corrected chi connectivity index (χ0v) is 8.87. The fourth-order valence-electron chi connectivity index (χ4n) is 2.40. The van der Waals surface area contributed by atoms with Crippen LogP contribution in [0.25, 0.3) is 0 Å². The van der Waals surface area contributed by atoms with E-state index in [0.717, 1.165) is 45.6 Å². The first-order valence-electron chi connectivity index (χ1n) is 5.62. The van der Waals surface area contributed by atoms with Gasteiger partial charge in [0.1, 0.15) is 5.78 Å². The van der Waals surface area contributed by atoms with Gasteiger partial charge in [0.25, 0.3) is 0 Å². The van der Waals surface area contributed by atoms with E-state index in [0.29, 0.717) is 17.7 Å². The lowest BCUT2D eigenvalue weighted by Gasteiger charge is -2.34. The molecule has 3 nitrogen and oxygen atoms in total. The lowest BCUT2D eigenvalue weighted by molar-refractivity contribution is -0.121. The molecule has 80 valence electrons. The minimum atomic E-state index is 0.315. The molecule has 2 atom stereocenters. The van der Waals surface area contributed by atoms with E-state index in [9.17, 15) is 4.79 Å². The molecule has 1 heterocycles. The molecule has 0 amide bonds. The van der Waals surface area contributed by atoms with Crippen LogP contribution in [0.1, 0.15) is 26.2 Å². The minimum absolute atomic E-state index is 0.315. The van der Waals surface area contributed by atoms with Crippen LogP contribution in [0.3, 0.4) is 0 Å². The van der Waals surface area contributed by atoms with Gasteiger partial charge >= 0.3 is 0 Å². The van der Waals surface area contributed by atoms with Crippen molar-refractivity contribution in [2.45, 2.75) is 32.2 Å². The Bertz CT molecular complexity index is 217. The summed E-state index contributed by atoms with van der Waals surface area (Å²) in [6, 6.07) is 0.483. The average molecular weight is 197 g/mol. The highest BCUT2D eigenvalue weighted by Crippen LogP contribution is 2.23. The van der Waals surface area contributed by atoms with Crippen LogP contribution in [-0.4, -0.2) is 43.0 Å². The van der Waals surface area contributed by atoms with Gasteiger partial charge in [-0.3, -0.25) is 9.69 Å². The van der Waals surface area contributed by atoms with Gasteiger partial charge in [-0.1, -0.05) is 0 Å². The van der Waals surface area contributed by atoms with Crippen LogP contribution in [0.4, 0.5) is 0 Å². The molecule has 0 radical (unpaired) electrons. The van der Waals surface area contributed by atoms with Crippen LogP contribution in [0, 0.1) is 5.92 Å². The number of hydrogen-bond donors (Lipinski definition) is 0. The number of ketones is 1. The molecular weight excluding hydrogens is 178 g/mol. The molecule has 0 aromatic carbocycles. The molecule has 2 fully saturated rings. The van der Waals surface area contributed by atoms with Crippen LogP contribution in [-0.2, 0) is 9.53 Å². The topological polar surface area (TPSA) is 29.5 Å². The molecule has 3 heteroatoms. The van der Waals surface area contributed by atoms with Crippen LogP contribution >= 0.6 is 0 Å². The number of carbonyl (C=O) groups excluding carboxylic acids is 1. The van der Waals surface area contributed by atoms with E-state index < -0.39 is 0 Å². The van der Waals surface area contributed by atoms with E-state index >= 15 is 0 Å². The van der Waals surface area contributed by atoms with E-state index in [1.54, 1.807) is 0 Å². The molecule has 2 rings (SSSR count). The van der Waals surface area contributed by atoms with Gasteiger partial charge < -0.3 is 4.74 Å². The van der Waals surface area contributed by atoms with Gasteiger partial charge in [0, 0.05) is 31.5 Å². The van der Waals surface area contributed by atoms with Crippen molar-refractivity contribution in [2.75, 3.05) is 26.3 Å². The largest absolute Gasteiger partial charge is 0.379 e. The molecule has 0 spiro atoms. The molecule has 1 aliphatic carbocycles. The van der Waals surface area contributed by atoms with Crippen molar-refractivity contribution in [1.82, 2.24) is 4.90 Å². The fourth-order valence-corrected chi connectivity index (χ4v) is 2.40. The number of Topliss-reactive ketones (excluding diaryl/α,β-unsaturated/α-hetero) is 1. The summed E-state index contributed by atoms with van der Waals surface area (Å²) in [5, 5.41) is 0. The molecular formula is C11H19NO2. The Kier molecular flexibility index (Phi) is 3.19. The maximum absolute atomic E-state index is 11.5. The Hall–Kier alpha value is -0.410. The van der Waals surface area contributed by atoms with Gasteiger partial charge in [0.15, 0.2) is 0 Å². The average Bonchev–Trinajstić information content (AvgIpc) is 2.56. The van der Waals surface area contributed by atoms with Crippen molar-refractivity contribution in [1.29, 1.82) is 0 Å². The van der Waals surface area contributed by atoms with E-state index in [1.165, 1.54) is 0 Å². The monoisotopic (exact) mass is 197 g/mol. The Balaban J connectivity index is 1.86. The summed E-state index contributed by atoms with van der Waals surface area (Å²) in [5.74, 6) is 0.791. The smallest absolute Gasteiger partial charge is 0.137 e. The SMILES string of the molecule is CC1COCCN1CC1CCCC1=O. The maximum Gasteiger partial charge on any atom is 0.137 e. The van der Waals surface area contributed by atoms with Crippen LogP contribution < -0.4 is 0 Å². The highest BCUT2D eigenvalue weighted by molar-refractivity contribution is 5.83. The second kappa shape index (κ2) is 4.41. The molecule has 0 bridgehead atoms. The number of hydrogen-bond acceptors (Lipinski definition) is 3. The third-order valence-electron chi connectivity index (χ3n) is 3.39. The number of morpholine rings is 1. The molecule has 14 heavy (non-hydrogen) atoms. The molecule has 0 aromatic heterocycles. The van der Waals surface area contributed by atoms with Gasteiger partial charge in [-0.25, -0.2) is 0 Å². The summed E-state index contributed by atoms with van der Waals surface area (Å²) in [4.78, 5) is 13.9. The Morgan fingerprint density at radius 3 is 3.07 bits per heavy atom. The van der Waals surface area contributed by atoms with Gasteiger partial charge in [-0.15, -0.1) is 0 Å². The van der Waals surface area contributed by atoms with Crippen molar-refractivity contribution in [3.63, 3.8) is 0 Å². The van der Waals surface area contributed by atoms with Crippen molar-refractivity contribution in [2.24, 2.45) is 5.92 Å². The first-order chi connectivity index (χ1) is 6.77. The lowest BCUT2D eigenvalue weighted by Crippen LogP contribution is -2.46. The summed E-state index contributed by atoms with van der Waals surface area (Å²) in [5.41, 5.74) is 0. The minimum Gasteiger partial charge on any atom is -0.379 e. The summed E-state index contributed by atoms with van der Waals surface area (Å²) in [7, 11) is 0. The van der Waals surface area contributed by atoms with E-state index in [-0.39, 0.29) is 0 Å². The second-order valence-electron chi connectivity index (χ2n) is 4.47.